The van der Waals surface area contributed by atoms with E-state index < -0.39 is 12.2 Å². The van der Waals surface area contributed by atoms with Crippen LogP contribution in [0.1, 0.15) is 6.42 Å². The van der Waals surface area contributed by atoms with E-state index in [1.807, 2.05) is 42.5 Å². The molecule has 0 amide bonds. The van der Waals surface area contributed by atoms with Gasteiger partial charge in [0.05, 0.1) is 35.6 Å². The molecule has 2 aromatic carbocycles. The molecule has 5 rings (SSSR count). The number of aromatic nitrogens is 3. The molecule has 1 fully saturated rings. The summed E-state index contributed by atoms with van der Waals surface area (Å²) in [6.07, 6.45) is -1.41. The van der Waals surface area contributed by atoms with Crippen molar-refractivity contribution >= 4 is 22.8 Å². The molecule has 2 unspecified atom stereocenters. The highest BCUT2D eigenvalue weighted by Crippen LogP contribution is 2.31. The molecule has 3 heterocycles. The number of benzene rings is 2. The predicted octanol–water partition coefficient (Wildman–Crippen LogP) is 3.83. The standard InChI is InChI=1S/C24H22ClN3O4/c25-18-11-19-23(28-24(26-19)32-17-10-20(30)21(12-29)31-13-17)27-22(18)16-8-6-15(7-9-16)14-4-2-1-3-5-14/h1-9,11,17,20-21,29-30H,10,12-13H2,(H,26,27,28)/t17-,20?,21?/m1/s1. The monoisotopic (exact) mass is 451 g/mol. The summed E-state index contributed by atoms with van der Waals surface area (Å²) in [6.45, 7) is 0.0303. The number of halogens is 1. The van der Waals surface area contributed by atoms with Gasteiger partial charge < -0.3 is 24.7 Å². The van der Waals surface area contributed by atoms with E-state index in [0.717, 1.165) is 16.7 Å². The van der Waals surface area contributed by atoms with Gasteiger partial charge in [-0.25, -0.2) is 4.98 Å². The fourth-order valence-corrected chi connectivity index (χ4v) is 4.11. The lowest BCUT2D eigenvalue weighted by Crippen LogP contribution is -2.45. The molecule has 3 atom stereocenters. The zero-order valence-corrected chi connectivity index (χ0v) is 17.9. The van der Waals surface area contributed by atoms with Gasteiger partial charge in [0, 0.05) is 12.0 Å². The summed E-state index contributed by atoms with van der Waals surface area (Å²) in [5.41, 5.74) is 4.92. The van der Waals surface area contributed by atoms with Gasteiger partial charge in [-0.2, -0.15) is 4.98 Å². The average molecular weight is 452 g/mol. The smallest absolute Gasteiger partial charge is 0.296 e. The SMILES string of the molecule is OCC1OC[C@H](Oc2nc3nc(-c4ccc(-c5ccccc5)cc4)c(Cl)cc3[nH]2)CC1O. The van der Waals surface area contributed by atoms with Crippen LogP contribution in [0, 0.1) is 0 Å². The summed E-state index contributed by atoms with van der Waals surface area (Å²) in [6, 6.07) is 20.3. The maximum Gasteiger partial charge on any atom is 0.296 e. The number of pyridine rings is 1. The minimum absolute atomic E-state index is 0.226. The van der Waals surface area contributed by atoms with Crippen LogP contribution >= 0.6 is 11.6 Å². The van der Waals surface area contributed by atoms with E-state index in [1.54, 1.807) is 6.07 Å². The molecule has 0 aliphatic carbocycles. The van der Waals surface area contributed by atoms with Crippen LogP contribution in [-0.2, 0) is 4.74 Å². The lowest BCUT2D eigenvalue weighted by Gasteiger charge is -2.31. The number of rotatable bonds is 5. The van der Waals surface area contributed by atoms with Crippen molar-refractivity contribution in [1.82, 2.24) is 15.0 Å². The molecule has 0 spiro atoms. The van der Waals surface area contributed by atoms with Crippen molar-refractivity contribution in [3.8, 4) is 28.4 Å². The van der Waals surface area contributed by atoms with Gasteiger partial charge in [0.2, 0.25) is 0 Å². The molecule has 1 aliphatic rings. The minimum atomic E-state index is -0.791. The van der Waals surface area contributed by atoms with Crippen LogP contribution in [0.4, 0.5) is 0 Å². The molecule has 3 N–H and O–H groups in total. The number of fused-ring (bicyclic) bond motifs is 1. The topological polar surface area (TPSA) is 100 Å². The first-order chi connectivity index (χ1) is 15.6. The van der Waals surface area contributed by atoms with Gasteiger partial charge in [0.25, 0.3) is 6.01 Å². The van der Waals surface area contributed by atoms with E-state index >= 15 is 0 Å². The van der Waals surface area contributed by atoms with Crippen LogP contribution in [0.2, 0.25) is 5.02 Å². The highest BCUT2D eigenvalue weighted by molar-refractivity contribution is 6.33. The lowest BCUT2D eigenvalue weighted by molar-refractivity contribution is -0.131. The first-order valence-electron chi connectivity index (χ1n) is 10.4. The van der Waals surface area contributed by atoms with Crippen molar-refractivity contribution in [3.63, 3.8) is 0 Å². The maximum atomic E-state index is 10.0. The summed E-state index contributed by atoms with van der Waals surface area (Å²) >= 11 is 6.52. The highest BCUT2D eigenvalue weighted by Gasteiger charge is 2.31. The third-order valence-electron chi connectivity index (χ3n) is 5.56. The number of aliphatic hydroxyl groups excluding tert-OH is 2. The molecule has 0 saturated carbocycles. The Labute approximate surface area is 189 Å². The summed E-state index contributed by atoms with van der Waals surface area (Å²) in [5.74, 6) is 0. The molecule has 164 valence electrons. The van der Waals surface area contributed by atoms with E-state index in [1.165, 1.54) is 0 Å². The molecule has 2 aromatic heterocycles. The number of nitrogens with zero attached hydrogens (tertiary/aromatic N) is 2. The van der Waals surface area contributed by atoms with E-state index in [4.69, 9.17) is 21.1 Å². The van der Waals surface area contributed by atoms with Gasteiger partial charge in [0.15, 0.2) is 5.65 Å². The summed E-state index contributed by atoms with van der Waals surface area (Å²) in [4.78, 5) is 12.1. The first-order valence-corrected chi connectivity index (χ1v) is 10.8. The van der Waals surface area contributed by atoms with E-state index in [0.29, 0.717) is 28.3 Å². The number of aromatic amines is 1. The highest BCUT2D eigenvalue weighted by atomic mass is 35.5. The predicted molar refractivity (Wildman–Crippen MR) is 122 cm³/mol. The van der Waals surface area contributed by atoms with Crippen LogP contribution in [0.5, 0.6) is 6.01 Å². The van der Waals surface area contributed by atoms with Gasteiger partial charge in [-0.1, -0.05) is 66.2 Å². The molecule has 1 saturated heterocycles. The molecule has 0 bridgehead atoms. The van der Waals surface area contributed by atoms with Gasteiger partial charge in [-0.3, -0.25) is 0 Å². The summed E-state index contributed by atoms with van der Waals surface area (Å²) in [7, 11) is 0. The Morgan fingerprint density at radius 2 is 1.75 bits per heavy atom. The normalized spacial score (nSPS) is 21.0. The third kappa shape index (κ3) is 4.20. The fourth-order valence-electron chi connectivity index (χ4n) is 3.85. The Balaban J connectivity index is 1.37. The average Bonchev–Trinajstić information content (AvgIpc) is 3.20. The van der Waals surface area contributed by atoms with Crippen LogP contribution < -0.4 is 4.74 Å². The van der Waals surface area contributed by atoms with Gasteiger partial charge in [0.1, 0.15) is 12.2 Å². The summed E-state index contributed by atoms with van der Waals surface area (Å²) in [5, 5.41) is 19.7. The largest absolute Gasteiger partial charge is 0.459 e. The van der Waals surface area contributed by atoms with E-state index in [-0.39, 0.29) is 25.3 Å². The van der Waals surface area contributed by atoms with Crippen LogP contribution in [-0.4, -0.2) is 56.7 Å². The van der Waals surface area contributed by atoms with Crippen molar-refractivity contribution in [3.05, 3.63) is 65.7 Å². The Hall–Kier alpha value is -2.97. The molecular weight excluding hydrogens is 430 g/mol. The Morgan fingerprint density at radius 3 is 2.47 bits per heavy atom. The number of aliphatic hydroxyl groups is 2. The Kier molecular flexibility index (Phi) is 5.80. The quantitative estimate of drug-likeness (QED) is 0.426. The Bertz CT molecular complexity index is 1210. The number of ether oxygens (including phenoxy) is 2. The van der Waals surface area contributed by atoms with Gasteiger partial charge >= 0.3 is 0 Å². The first kappa shape index (κ1) is 20.9. The number of hydrogen-bond donors (Lipinski definition) is 3. The number of hydrogen-bond acceptors (Lipinski definition) is 6. The van der Waals surface area contributed by atoms with Crippen molar-refractivity contribution in [2.24, 2.45) is 0 Å². The maximum absolute atomic E-state index is 10.0. The number of nitrogens with one attached hydrogen (secondary N) is 1. The number of H-pyrrole nitrogens is 1. The van der Waals surface area contributed by atoms with Gasteiger partial charge in [-0.05, 0) is 17.2 Å². The molecule has 0 radical (unpaired) electrons. The third-order valence-corrected chi connectivity index (χ3v) is 5.85. The fraction of sp³-hybridized carbons (Fsp3) is 0.250. The molecule has 4 aromatic rings. The Morgan fingerprint density at radius 1 is 1.03 bits per heavy atom. The van der Waals surface area contributed by atoms with Crippen molar-refractivity contribution in [2.45, 2.75) is 24.7 Å². The van der Waals surface area contributed by atoms with Crippen LogP contribution in [0.3, 0.4) is 0 Å². The lowest BCUT2D eigenvalue weighted by atomic mass is 10.0. The van der Waals surface area contributed by atoms with Gasteiger partial charge in [-0.15, -0.1) is 0 Å². The van der Waals surface area contributed by atoms with Crippen molar-refractivity contribution in [2.75, 3.05) is 13.2 Å². The minimum Gasteiger partial charge on any atom is -0.459 e. The van der Waals surface area contributed by atoms with Crippen molar-refractivity contribution < 1.29 is 19.7 Å². The molecule has 32 heavy (non-hydrogen) atoms. The van der Waals surface area contributed by atoms with Crippen LogP contribution in [0.15, 0.2) is 60.7 Å². The van der Waals surface area contributed by atoms with Crippen molar-refractivity contribution in [1.29, 1.82) is 0 Å². The second-order valence-corrected chi connectivity index (χ2v) is 8.18. The second-order valence-electron chi connectivity index (χ2n) is 7.77. The molecule has 8 heteroatoms. The molecule has 7 nitrogen and oxygen atoms in total. The molecule has 1 aliphatic heterocycles. The van der Waals surface area contributed by atoms with E-state index in [2.05, 4.69) is 27.1 Å². The second kappa shape index (κ2) is 8.88. The zero-order chi connectivity index (χ0) is 22.1. The zero-order valence-electron chi connectivity index (χ0n) is 17.1. The molecular formula is C24H22ClN3O4. The van der Waals surface area contributed by atoms with E-state index in [9.17, 15) is 10.2 Å². The summed E-state index contributed by atoms with van der Waals surface area (Å²) < 4.78 is 11.3. The number of imidazole rings is 1. The van der Waals surface area contributed by atoms with Crippen LogP contribution in [0.25, 0.3) is 33.5 Å².